The summed E-state index contributed by atoms with van der Waals surface area (Å²) in [6.45, 7) is 8.98. The van der Waals surface area contributed by atoms with E-state index in [0.717, 1.165) is 13.1 Å². The molecule has 0 aliphatic rings. The van der Waals surface area contributed by atoms with Crippen molar-refractivity contribution in [2.24, 2.45) is 0 Å². The van der Waals surface area contributed by atoms with E-state index in [1.165, 1.54) is 19.3 Å². The van der Waals surface area contributed by atoms with Gasteiger partial charge in [0.05, 0.1) is 6.17 Å². The van der Waals surface area contributed by atoms with Gasteiger partial charge >= 0.3 is 0 Å². The third-order valence-corrected chi connectivity index (χ3v) is 2.83. The second kappa shape index (κ2) is 7.34. The first kappa shape index (κ1) is 12.9. The normalized spacial score (nSPS) is 12.0. The van der Waals surface area contributed by atoms with Crippen LogP contribution in [0.4, 0.5) is 0 Å². The van der Waals surface area contributed by atoms with Crippen LogP contribution in [0.25, 0.3) is 0 Å². The minimum Gasteiger partial charge on any atom is -0.291 e. The van der Waals surface area contributed by atoms with Crippen LogP contribution in [0.15, 0.2) is 0 Å². The molecule has 13 heavy (non-hydrogen) atoms. The van der Waals surface area contributed by atoms with Crippen molar-refractivity contribution in [3.05, 3.63) is 0 Å². The molecule has 0 heterocycles. The molecule has 0 N–H and O–H groups in total. The minimum absolute atomic E-state index is 0.634. The van der Waals surface area contributed by atoms with Crippen molar-refractivity contribution >= 4 is 0 Å². The van der Waals surface area contributed by atoms with Crippen molar-refractivity contribution in [2.75, 3.05) is 27.2 Å². The van der Waals surface area contributed by atoms with Crippen LogP contribution in [0, 0.1) is 0 Å². The summed E-state index contributed by atoms with van der Waals surface area (Å²) < 4.78 is 0. The molecule has 0 spiro atoms. The van der Waals surface area contributed by atoms with Crippen molar-refractivity contribution in [1.82, 2.24) is 9.80 Å². The Kier molecular flexibility index (Phi) is 7.29. The fraction of sp³-hybridized carbons (Fsp3) is 1.00. The van der Waals surface area contributed by atoms with Gasteiger partial charge in [-0.2, -0.15) is 0 Å². The van der Waals surface area contributed by atoms with Crippen molar-refractivity contribution in [3.63, 3.8) is 0 Å². The zero-order valence-corrected chi connectivity index (χ0v) is 10.0. The number of unbranched alkanes of at least 4 members (excludes halogenated alkanes) is 1. The summed E-state index contributed by atoms with van der Waals surface area (Å²) in [6.07, 6.45) is 4.56. The average molecular weight is 186 g/mol. The summed E-state index contributed by atoms with van der Waals surface area (Å²) in [5.41, 5.74) is 0. The predicted molar refractivity (Wildman–Crippen MR) is 59.9 cm³/mol. The first-order valence-electron chi connectivity index (χ1n) is 5.57. The quantitative estimate of drug-likeness (QED) is 0.563. The van der Waals surface area contributed by atoms with E-state index in [1.807, 2.05) is 0 Å². The highest BCUT2D eigenvalue weighted by molar-refractivity contribution is 4.66. The van der Waals surface area contributed by atoms with Gasteiger partial charge in [0.25, 0.3) is 0 Å². The maximum atomic E-state index is 2.43. The van der Waals surface area contributed by atoms with Crippen LogP contribution in [0.3, 0.4) is 0 Å². The van der Waals surface area contributed by atoms with Gasteiger partial charge in [0.1, 0.15) is 0 Å². The summed E-state index contributed by atoms with van der Waals surface area (Å²) in [7, 11) is 4.43. The molecule has 0 fully saturated rings. The third kappa shape index (κ3) is 4.63. The fourth-order valence-electron chi connectivity index (χ4n) is 1.59. The van der Waals surface area contributed by atoms with Crippen LogP contribution in [0.1, 0.15) is 40.0 Å². The molecule has 0 saturated heterocycles. The largest absolute Gasteiger partial charge is 0.291 e. The van der Waals surface area contributed by atoms with Gasteiger partial charge in [0, 0.05) is 0 Å². The summed E-state index contributed by atoms with van der Waals surface area (Å²) in [5, 5.41) is 0. The van der Waals surface area contributed by atoms with Crippen LogP contribution in [0.2, 0.25) is 0 Å². The highest BCUT2D eigenvalue weighted by atomic mass is 15.3. The summed E-state index contributed by atoms with van der Waals surface area (Å²) >= 11 is 0. The first-order chi connectivity index (χ1) is 6.17. The Balaban J connectivity index is 4.01. The molecule has 2 nitrogen and oxygen atoms in total. The summed E-state index contributed by atoms with van der Waals surface area (Å²) in [6, 6.07) is 0. The molecule has 0 aromatic rings. The Morgan fingerprint density at radius 3 is 1.69 bits per heavy atom. The van der Waals surface area contributed by atoms with Crippen LogP contribution >= 0.6 is 0 Å². The molecule has 0 saturated carbocycles. The third-order valence-electron chi connectivity index (χ3n) is 2.83. The topological polar surface area (TPSA) is 6.48 Å². The number of hydrogen-bond donors (Lipinski definition) is 0. The number of hydrogen-bond acceptors (Lipinski definition) is 2. The number of rotatable bonds is 7. The minimum atomic E-state index is 0.634. The lowest BCUT2D eigenvalue weighted by Crippen LogP contribution is -2.44. The Morgan fingerprint density at radius 1 is 0.923 bits per heavy atom. The van der Waals surface area contributed by atoms with E-state index in [0.29, 0.717) is 6.17 Å². The van der Waals surface area contributed by atoms with Gasteiger partial charge in [-0.05, 0) is 33.6 Å². The van der Waals surface area contributed by atoms with Crippen molar-refractivity contribution in [3.8, 4) is 0 Å². The second-order valence-electron chi connectivity index (χ2n) is 3.77. The predicted octanol–water partition coefficient (Wildman–Crippen LogP) is 2.41. The van der Waals surface area contributed by atoms with E-state index < -0.39 is 0 Å². The van der Waals surface area contributed by atoms with E-state index in [2.05, 4.69) is 44.7 Å². The van der Waals surface area contributed by atoms with Crippen LogP contribution in [-0.2, 0) is 0 Å². The molecular weight excluding hydrogens is 160 g/mol. The fourth-order valence-corrected chi connectivity index (χ4v) is 1.59. The van der Waals surface area contributed by atoms with Crippen molar-refractivity contribution in [2.45, 2.75) is 46.2 Å². The molecule has 0 aliphatic carbocycles. The second-order valence-corrected chi connectivity index (χ2v) is 3.77. The molecule has 0 amide bonds. The molecule has 0 aliphatic heterocycles. The molecule has 0 bridgehead atoms. The van der Waals surface area contributed by atoms with Gasteiger partial charge in [-0.1, -0.05) is 33.6 Å². The van der Waals surface area contributed by atoms with E-state index in [-0.39, 0.29) is 0 Å². The SMILES string of the molecule is CCCCC(N(C)CC)N(C)CC. The van der Waals surface area contributed by atoms with Crippen molar-refractivity contribution in [1.29, 1.82) is 0 Å². The molecule has 0 aromatic carbocycles. The Hall–Kier alpha value is -0.0800. The average Bonchev–Trinajstić information content (AvgIpc) is 2.17. The van der Waals surface area contributed by atoms with Gasteiger partial charge in [-0.3, -0.25) is 9.80 Å². The molecule has 0 unspecified atom stereocenters. The summed E-state index contributed by atoms with van der Waals surface area (Å²) in [4.78, 5) is 4.86. The summed E-state index contributed by atoms with van der Waals surface area (Å²) in [5.74, 6) is 0. The van der Waals surface area contributed by atoms with Gasteiger partial charge in [-0.15, -0.1) is 0 Å². The lowest BCUT2D eigenvalue weighted by atomic mass is 10.2. The zero-order chi connectivity index (χ0) is 10.3. The Morgan fingerprint density at radius 2 is 1.38 bits per heavy atom. The van der Waals surface area contributed by atoms with Crippen molar-refractivity contribution < 1.29 is 0 Å². The van der Waals surface area contributed by atoms with E-state index in [4.69, 9.17) is 0 Å². The molecule has 0 rings (SSSR count). The number of nitrogens with zero attached hydrogens (tertiary/aromatic N) is 2. The molecule has 0 atom stereocenters. The van der Waals surface area contributed by atoms with Crippen LogP contribution in [-0.4, -0.2) is 43.2 Å². The molecule has 2 heteroatoms. The van der Waals surface area contributed by atoms with Gasteiger partial charge in [-0.25, -0.2) is 0 Å². The lowest BCUT2D eigenvalue weighted by molar-refractivity contribution is 0.0820. The molecule has 0 radical (unpaired) electrons. The first-order valence-corrected chi connectivity index (χ1v) is 5.57. The van der Waals surface area contributed by atoms with Gasteiger partial charge < -0.3 is 0 Å². The lowest BCUT2D eigenvalue weighted by Gasteiger charge is -2.34. The van der Waals surface area contributed by atoms with E-state index >= 15 is 0 Å². The smallest absolute Gasteiger partial charge is 0.0617 e. The Labute approximate surface area is 83.9 Å². The van der Waals surface area contributed by atoms with Gasteiger partial charge in [0.15, 0.2) is 0 Å². The molecule has 0 aromatic heterocycles. The Bertz CT molecular complexity index is 105. The van der Waals surface area contributed by atoms with E-state index in [9.17, 15) is 0 Å². The van der Waals surface area contributed by atoms with E-state index in [1.54, 1.807) is 0 Å². The highest BCUT2D eigenvalue weighted by Gasteiger charge is 2.15. The van der Waals surface area contributed by atoms with Crippen LogP contribution in [0.5, 0.6) is 0 Å². The van der Waals surface area contributed by atoms with Crippen LogP contribution < -0.4 is 0 Å². The maximum Gasteiger partial charge on any atom is 0.0617 e. The zero-order valence-electron chi connectivity index (χ0n) is 10.0. The molecule has 80 valence electrons. The monoisotopic (exact) mass is 186 g/mol. The standard InChI is InChI=1S/C11H26N2/c1-6-9-10-11(12(4)7-2)13(5)8-3/h11H,6-10H2,1-5H3. The van der Waals surface area contributed by atoms with Gasteiger partial charge in [0.2, 0.25) is 0 Å². The maximum absolute atomic E-state index is 2.43. The molecular formula is C11H26N2. The highest BCUT2D eigenvalue weighted by Crippen LogP contribution is 2.10.